The van der Waals surface area contributed by atoms with Crippen LogP contribution >= 0.6 is 11.3 Å². The van der Waals surface area contributed by atoms with Gasteiger partial charge in [-0.2, -0.15) is 0 Å². The van der Waals surface area contributed by atoms with E-state index < -0.39 is 0 Å². The van der Waals surface area contributed by atoms with Gasteiger partial charge in [-0.15, -0.1) is 11.3 Å². The van der Waals surface area contributed by atoms with Crippen molar-refractivity contribution in [1.29, 1.82) is 0 Å². The minimum absolute atomic E-state index is 0.652. The molecule has 112 valence electrons. The lowest BCUT2D eigenvalue weighted by molar-refractivity contribution is 0.251. The quantitative estimate of drug-likeness (QED) is 0.891. The summed E-state index contributed by atoms with van der Waals surface area (Å²) in [7, 11) is 0. The van der Waals surface area contributed by atoms with E-state index in [4.69, 9.17) is 4.98 Å². The van der Waals surface area contributed by atoms with Crippen LogP contribution in [0.2, 0.25) is 0 Å². The Bertz CT molecular complexity index is 548. The van der Waals surface area contributed by atoms with Crippen molar-refractivity contribution in [3.63, 3.8) is 0 Å². The van der Waals surface area contributed by atoms with Gasteiger partial charge < -0.3 is 5.32 Å². The molecule has 2 aromatic heterocycles. The molecule has 1 unspecified atom stereocenters. The Morgan fingerprint density at radius 2 is 2.38 bits per heavy atom. The van der Waals surface area contributed by atoms with Crippen molar-refractivity contribution in [3.05, 3.63) is 35.5 Å². The highest BCUT2D eigenvalue weighted by Crippen LogP contribution is 2.22. The Kier molecular flexibility index (Phi) is 4.95. The molecule has 3 heterocycles. The fraction of sp³-hybridized carbons (Fsp3) is 0.500. The molecule has 4 nitrogen and oxygen atoms in total. The lowest BCUT2D eigenvalue weighted by Gasteiger charge is -2.23. The number of pyridine rings is 1. The highest BCUT2D eigenvalue weighted by Gasteiger charge is 2.18. The summed E-state index contributed by atoms with van der Waals surface area (Å²) < 4.78 is 0. The summed E-state index contributed by atoms with van der Waals surface area (Å²) in [6.07, 6.45) is 4.43. The number of rotatable bonds is 6. The molecule has 1 aliphatic heterocycles. The molecule has 0 aromatic carbocycles. The van der Waals surface area contributed by atoms with Gasteiger partial charge in [0.2, 0.25) is 0 Å². The first-order valence-corrected chi connectivity index (χ1v) is 8.54. The number of nitrogens with one attached hydrogen (secondary N) is 1. The minimum atomic E-state index is 0.652. The van der Waals surface area contributed by atoms with E-state index in [0.717, 1.165) is 36.0 Å². The van der Waals surface area contributed by atoms with Crippen LogP contribution in [0.25, 0.3) is 10.7 Å². The van der Waals surface area contributed by atoms with Crippen molar-refractivity contribution in [3.8, 4) is 10.7 Å². The topological polar surface area (TPSA) is 41.1 Å². The molecule has 0 radical (unpaired) electrons. The summed E-state index contributed by atoms with van der Waals surface area (Å²) in [6.45, 7) is 6.50. The van der Waals surface area contributed by atoms with Gasteiger partial charge in [0.05, 0.1) is 11.4 Å². The zero-order valence-electron chi connectivity index (χ0n) is 12.5. The molecule has 5 heteroatoms. The highest BCUT2D eigenvalue weighted by atomic mass is 32.1. The average Bonchev–Trinajstić information content (AvgIpc) is 3.19. The molecule has 3 rings (SSSR count). The van der Waals surface area contributed by atoms with Crippen LogP contribution < -0.4 is 5.32 Å². The number of likely N-dealkylation sites (N-methyl/N-ethyl adjacent to an activating group) is 1. The van der Waals surface area contributed by atoms with E-state index in [9.17, 15) is 0 Å². The Balaban J connectivity index is 1.62. The number of nitrogens with zero attached hydrogens (tertiary/aromatic N) is 3. The van der Waals surface area contributed by atoms with Crippen molar-refractivity contribution < 1.29 is 0 Å². The van der Waals surface area contributed by atoms with Crippen molar-refractivity contribution >= 4 is 11.3 Å². The summed E-state index contributed by atoms with van der Waals surface area (Å²) in [5, 5.41) is 6.74. The van der Waals surface area contributed by atoms with Gasteiger partial charge in [-0.3, -0.25) is 9.88 Å². The van der Waals surface area contributed by atoms with Gasteiger partial charge in [0.25, 0.3) is 0 Å². The average molecular weight is 302 g/mol. The lowest BCUT2D eigenvalue weighted by Crippen LogP contribution is -2.37. The summed E-state index contributed by atoms with van der Waals surface area (Å²) >= 11 is 1.68. The number of aromatic nitrogens is 2. The van der Waals surface area contributed by atoms with Gasteiger partial charge >= 0.3 is 0 Å². The summed E-state index contributed by atoms with van der Waals surface area (Å²) in [5.74, 6) is 0. The first-order chi connectivity index (χ1) is 10.3. The number of hydrogen-bond acceptors (Lipinski definition) is 5. The summed E-state index contributed by atoms with van der Waals surface area (Å²) in [5.41, 5.74) is 2.12. The minimum Gasteiger partial charge on any atom is -0.313 e. The predicted octanol–water partition coefficient (Wildman–Crippen LogP) is 2.78. The molecular weight excluding hydrogens is 280 g/mol. The number of hydrogen-bond donors (Lipinski definition) is 1. The molecule has 2 aromatic rings. The second kappa shape index (κ2) is 7.11. The second-order valence-corrected chi connectivity index (χ2v) is 6.34. The Labute approximate surface area is 130 Å². The van der Waals surface area contributed by atoms with Gasteiger partial charge in [0, 0.05) is 30.7 Å². The fourth-order valence-electron chi connectivity index (χ4n) is 2.75. The molecule has 0 bridgehead atoms. The van der Waals surface area contributed by atoms with Crippen LogP contribution in [0, 0.1) is 0 Å². The molecule has 21 heavy (non-hydrogen) atoms. The smallest absolute Gasteiger partial charge is 0.142 e. The van der Waals surface area contributed by atoms with E-state index in [0.29, 0.717) is 6.04 Å². The van der Waals surface area contributed by atoms with E-state index in [-0.39, 0.29) is 0 Å². The van der Waals surface area contributed by atoms with E-state index in [1.54, 1.807) is 11.3 Å². The molecule has 0 aliphatic carbocycles. The summed E-state index contributed by atoms with van der Waals surface area (Å²) in [6, 6.07) is 6.61. The summed E-state index contributed by atoms with van der Waals surface area (Å²) in [4.78, 5) is 11.6. The molecule has 1 saturated heterocycles. The van der Waals surface area contributed by atoms with Crippen LogP contribution in [-0.2, 0) is 6.54 Å². The van der Waals surface area contributed by atoms with Crippen molar-refractivity contribution in [2.45, 2.75) is 32.4 Å². The van der Waals surface area contributed by atoms with Gasteiger partial charge in [-0.25, -0.2) is 4.98 Å². The van der Waals surface area contributed by atoms with Gasteiger partial charge in [-0.1, -0.05) is 13.0 Å². The maximum Gasteiger partial charge on any atom is 0.142 e. The van der Waals surface area contributed by atoms with Gasteiger partial charge in [0.15, 0.2) is 0 Å². The largest absolute Gasteiger partial charge is 0.313 e. The molecule has 1 fully saturated rings. The van der Waals surface area contributed by atoms with Crippen molar-refractivity contribution in [1.82, 2.24) is 20.2 Å². The first kappa shape index (κ1) is 14.6. The normalized spacial score (nSPS) is 18.5. The molecule has 1 N–H and O–H groups in total. The third kappa shape index (κ3) is 3.87. The van der Waals surface area contributed by atoms with Gasteiger partial charge in [0.1, 0.15) is 5.01 Å². The molecule has 1 atom stereocenters. The Morgan fingerprint density at radius 3 is 3.10 bits per heavy atom. The highest BCUT2D eigenvalue weighted by molar-refractivity contribution is 7.13. The molecule has 0 saturated carbocycles. The van der Waals surface area contributed by atoms with Crippen molar-refractivity contribution in [2.24, 2.45) is 0 Å². The van der Waals surface area contributed by atoms with E-state index in [1.807, 2.05) is 24.4 Å². The number of thiazole rings is 1. The Morgan fingerprint density at radius 1 is 1.43 bits per heavy atom. The molecule has 1 aliphatic rings. The van der Waals surface area contributed by atoms with Crippen LogP contribution in [-0.4, -0.2) is 40.5 Å². The molecule has 0 amide bonds. The zero-order valence-corrected chi connectivity index (χ0v) is 13.3. The van der Waals surface area contributed by atoms with E-state index in [1.165, 1.54) is 19.4 Å². The fourth-order valence-corrected chi connectivity index (χ4v) is 3.53. The second-order valence-electron chi connectivity index (χ2n) is 5.48. The Hall–Kier alpha value is -1.30. The van der Waals surface area contributed by atoms with Crippen LogP contribution in [0.3, 0.4) is 0 Å². The predicted molar refractivity (Wildman–Crippen MR) is 87.3 cm³/mol. The molecule has 0 spiro atoms. The first-order valence-electron chi connectivity index (χ1n) is 7.66. The van der Waals surface area contributed by atoms with Crippen LogP contribution in [0.1, 0.15) is 25.5 Å². The maximum absolute atomic E-state index is 4.74. The standard InChI is InChI=1S/C16H22N4S/c1-2-20(10-13-6-5-9-17-13)11-14-12-21-16(19-14)15-7-3-4-8-18-15/h3-4,7-8,12-13,17H,2,5-6,9-11H2,1H3. The zero-order chi connectivity index (χ0) is 14.5. The maximum atomic E-state index is 4.74. The SMILES string of the molecule is CCN(Cc1csc(-c2ccccn2)n1)CC1CCCN1. The van der Waals surface area contributed by atoms with Gasteiger partial charge in [-0.05, 0) is 38.1 Å². The van der Waals surface area contributed by atoms with Crippen LogP contribution in [0.15, 0.2) is 29.8 Å². The van der Waals surface area contributed by atoms with Crippen molar-refractivity contribution in [2.75, 3.05) is 19.6 Å². The van der Waals surface area contributed by atoms with E-state index in [2.05, 4.69) is 27.5 Å². The third-order valence-electron chi connectivity index (χ3n) is 3.91. The van der Waals surface area contributed by atoms with Crippen LogP contribution in [0.4, 0.5) is 0 Å². The third-order valence-corrected chi connectivity index (χ3v) is 4.82. The lowest BCUT2D eigenvalue weighted by atomic mass is 10.2. The van der Waals surface area contributed by atoms with Crippen LogP contribution in [0.5, 0.6) is 0 Å². The molecular formula is C16H22N4S. The van der Waals surface area contributed by atoms with E-state index >= 15 is 0 Å². The monoisotopic (exact) mass is 302 g/mol.